The minimum atomic E-state index is 0.0515. The van der Waals surface area contributed by atoms with Crippen molar-refractivity contribution < 1.29 is 4.42 Å². The Balaban J connectivity index is 1.68. The molecule has 0 amide bonds. The summed E-state index contributed by atoms with van der Waals surface area (Å²) in [6, 6.07) is 3.72. The molecule has 4 rings (SSSR count). The Morgan fingerprint density at radius 2 is 2.10 bits per heavy atom. The van der Waals surface area contributed by atoms with E-state index < -0.39 is 0 Å². The number of fused-ring (bicyclic) bond motifs is 1. The highest BCUT2D eigenvalue weighted by molar-refractivity contribution is 5.46. The Morgan fingerprint density at radius 1 is 1.20 bits per heavy atom. The molecule has 3 aromatic rings. The van der Waals surface area contributed by atoms with Gasteiger partial charge in [-0.15, -0.1) is 0 Å². The van der Waals surface area contributed by atoms with Gasteiger partial charge < -0.3 is 14.7 Å². The third-order valence-corrected chi connectivity index (χ3v) is 3.50. The molecular weight excluding hydrogens is 254 g/mol. The summed E-state index contributed by atoms with van der Waals surface area (Å²) in [5.41, 5.74) is 3.22. The molecule has 0 aromatic carbocycles. The van der Waals surface area contributed by atoms with Gasteiger partial charge in [0.25, 0.3) is 0 Å². The molecule has 2 N–H and O–H groups in total. The van der Waals surface area contributed by atoms with Gasteiger partial charge in [0.15, 0.2) is 11.6 Å². The number of rotatable bonds is 2. The van der Waals surface area contributed by atoms with Crippen LogP contribution in [0.25, 0.3) is 11.6 Å². The number of nitrogens with zero attached hydrogens (tertiary/aromatic N) is 3. The number of hydrogen-bond acceptors (Lipinski definition) is 5. The predicted octanol–water partition coefficient (Wildman–Crippen LogP) is 1.69. The summed E-state index contributed by atoms with van der Waals surface area (Å²) in [6.07, 6.45) is 7.98. The van der Waals surface area contributed by atoms with Gasteiger partial charge in [-0.1, -0.05) is 0 Å². The van der Waals surface area contributed by atoms with E-state index in [4.69, 9.17) is 4.42 Å². The van der Waals surface area contributed by atoms with Crippen molar-refractivity contribution in [3.8, 4) is 11.6 Å². The lowest BCUT2D eigenvalue weighted by Crippen LogP contribution is -2.30. The number of furan rings is 1. The van der Waals surface area contributed by atoms with Gasteiger partial charge in [0, 0.05) is 36.6 Å². The minimum Gasteiger partial charge on any atom is -0.461 e. The summed E-state index contributed by atoms with van der Waals surface area (Å²) in [4.78, 5) is 16.3. The summed E-state index contributed by atoms with van der Waals surface area (Å²) < 4.78 is 5.29. The normalized spacial score (nSPS) is 17.9. The summed E-state index contributed by atoms with van der Waals surface area (Å²) in [5.74, 6) is 1.27. The van der Waals surface area contributed by atoms with Crippen LogP contribution in [0, 0.1) is 0 Å². The molecule has 0 spiro atoms. The number of H-pyrrole nitrogens is 1. The van der Waals surface area contributed by atoms with E-state index in [0.717, 1.165) is 24.2 Å². The fraction of sp³-hybridized carbons (Fsp3) is 0.214. The zero-order valence-electron chi connectivity index (χ0n) is 10.7. The average Bonchev–Trinajstić information content (AvgIpc) is 3.18. The van der Waals surface area contributed by atoms with Crippen molar-refractivity contribution in [3.05, 3.63) is 54.1 Å². The van der Waals surface area contributed by atoms with Crippen molar-refractivity contribution in [3.63, 3.8) is 0 Å². The Bertz CT molecular complexity index is 702. The maximum Gasteiger partial charge on any atom is 0.195 e. The molecule has 0 saturated carbocycles. The van der Waals surface area contributed by atoms with E-state index in [-0.39, 0.29) is 6.04 Å². The molecule has 0 unspecified atom stereocenters. The first-order valence-corrected chi connectivity index (χ1v) is 6.53. The van der Waals surface area contributed by atoms with Crippen molar-refractivity contribution in [1.29, 1.82) is 0 Å². The zero-order valence-corrected chi connectivity index (χ0v) is 10.7. The lowest BCUT2D eigenvalue weighted by atomic mass is 10.0. The molecule has 1 atom stereocenters. The monoisotopic (exact) mass is 267 g/mol. The lowest BCUT2D eigenvalue weighted by molar-refractivity contribution is 0.549. The van der Waals surface area contributed by atoms with Gasteiger partial charge in [0.05, 0.1) is 24.3 Å². The van der Waals surface area contributed by atoms with Crippen molar-refractivity contribution >= 4 is 0 Å². The topological polar surface area (TPSA) is 79.6 Å². The molecule has 1 aliphatic rings. The highest BCUT2D eigenvalue weighted by Gasteiger charge is 2.24. The SMILES string of the molecule is c1coc(-c2ncc([C@H]3NCCc4[nH]cnc43)cn2)c1. The first-order chi connectivity index (χ1) is 9.92. The van der Waals surface area contributed by atoms with E-state index in [2.05, 4.69) is 25.3 Å². The Kier molecular flexibility index (Phi) is 2.60. The van der Waals surface area contributed by atoms with E-state index in [0.29, 0.717) is 11.6 Å². The zero-order chi connectivity index (χ0) is 13.4. The van der Waals surface area contributed by atoms with Crippen molar-refractivity contribution in [2.24, 2.45) is 0 Å². The van der Waals surface area contributed by atoms with Crippen LogP contribution in [0.15, 0.2) is 41.5 Å². The Labute approximate surface area is 115 Å². The molecule has 4 heterocycles. The van der Waals surface area contributed by atoms with E-state index in [1.54, 1.807) is 12.6 Å². The first kappa shape index (κ1) is 11.4. The van der Waals surface area contributed by atoms with Crippen LogP contribution in [0.4, 0.5) is 0 Å². The number of imidazole rings is 1. The number of aromatic amines is 1. The fourth-order valence-electron chi connectivity index (χ4n) is 2.51. The molecule has 0 radical (unpaired) electrons. The van der Waals surface area contributed by atoms with Crippen molar-refractivity contribution in [1.82, 2.24) is 25.3 Å². The molecule has 0 saturated heterocycles. The lowest BCUT2D eigenvalue weighted by Gasteiger charge is -2.22. The molecular formula is C14H13N5O. The number of nitrogens with one attached hydrogen (secondary N) is 2. The molecule has 1 aliphatic heterocycles. The molecule has 20 heavy (non-hydrogen) atoms. The quantitative estimate of drug-likeness (QED) is 0.738. The van der Waals surface area contributed by atoms with Crippen LogP contribution in [0.2, 0.25) is 0 Å². The van der Waals surface area contributed by atoms with Gasteiger partial charge in [0.1, 0.15) is 0 Å². The van der Waals surface area contributed by atoms with E-state index in [9.17, 15) is 0 Å². The Hall–Kier alpha value is -2.47. The molecule has 100 valence electrons. The fourth-order valence-corrected chi connectivity index (χ4v) is 2.51. The van der Waals surface area contributed by atoms with Crippen LogP contribution in [0.1, 0.15) is 23.0 Å². The van der Waals surface area contributed by atoms with Gasteiger partial charge in [-0.2, -0.15) is 0 Å². The molecule has 0 fully saturated rings. The number of aromatic nitrogens is 4. The van der Waals surface area contributed by atoms with E-state index in [1.165, 1.54) is 5.69 Å². The van der Waals surface area contributed by atoms with Crippen molar-refractivity contribution in [2.45, 2.75) is 12.5 Å². The van der Waals surface area contributed by atoms with Crippen LogP contribution in [0.3, 0.4) is 0 Å². The van der Waals surface area contributed by atoms with Gasteiger partial charge in [-0.05, 0) is 12.1 Å². The number of hydrogen-bond donors (Lipinski definition) is 2. The Morgan fingerprint density at radius 3 is 2.90 bits per heavy atom. The van der Waals surface area contributed by atoms with Crippen LogP contribution in [-0.2, 0) is 6.42 Å². The van der Waals surface area contributed by atoms with Crippen LogP contribution in [-0.4, -0.2) is 26.5 Å². The highest BCUT2D eigenvalue weighted by atomic mass is 16.3. The standard InChI is InChI=1S/C14H13N5O/c1-2-11(20-5-1)14-16-6-9(7-17-14)12-13-10(3-4-15-12)18-8-19-13/h1-2,5-8,12,15H,3-4H2,(H,18,19)/t12-/m1/s1. The molecule has 3 aromatic heterocycles. The molecule has 6 nitrogen and oxygen atoms in total. The second kappa shape index (κ2) is 4.57. The molecule has 0 bridgehead atoms. The summed E-state index contributed by atoms with van der Waals surface area (Å²) in [6.45, 7) is 0.916. The molecule has 0 aliphatic carbocycles. The second-order valence-electron chi connectivity index (χ2n) is 4.72. The van der Waals surface area contributed by atoms with E-state index in [1.807, 2.05) is 24.5 Å². The van der Waals surface area contributed by atoms with Crippen molar-refractivity contribution in [2.75, 3.05) is 6.54 Å². The summed E-state index contributed by atoms with van der Waals surface area (Å²) >= 11 is 0. The van der Waals surface area contributed by atoms with E-state index >= 15 is 0 Å². The van der Waals surface area contributed by atoms with Crippen LogP contribution < -0.4 is 5.32 Å². The van der Waals surface area contributed by atoms with Crippen LogP contribution >= 0.6 is 0 Å². The average molecular weight is 267 g/mol. The van der Waals surface area contributed by atoms with Gasteiger partial charge in [-0.3, -0.25) is 0 Å². The smallest absolute Gasteiger partial charge is 0.195 e. The maximum absolute atomic E-state index is 5.29. The van der Waals surface area contributed by atoms with Gasteiger partial charge in [0.2, 0.25) is 0 Å². The summed E-state index contributed by atoms with van der Waals surface area (Å²) in [5, 5.41) is 3.45. The molecule has 6 heteroatoms. The van der Waals surface area contributed by atoms with Crippen LogP contribution in [0.5, 0.6) is 0 Å². The third-order valence-electron chi connectivity index (χ3n) is 3.50. The minimum absolute atomic E-state index is 0.0515. The second-order valence-corrected chi connectivity index (χ2v) is 4.72. The highest BCUT2D eigenvalue weighted by Crippen LogP contribution is 2.26. The van der Waals surface area contributed by atoms with Gasteiger partial charge in [-0.25, -0.2) is 15.0 Å². The largest absolute Gasteiger partial charge is 0.461 e. The predicted molar refractivity (Wildman–Crippen MR) is 71.9 cm³/mol. The first-order valence-electron chi connectivity index (χ1n) is 6.53. The maximum atomic E-state index is 5.29. The third kappa shape index (κ3) is 1.81. The summed E-state index contributed by atoms with van der Waals surface area (Å²) in [7, 11) is 0. The van der Waals surface area contributed by atoms with Gasteiger partial charge >= 0.3 is 0 Å².